The monoisotopic (exact) mass is 345 g/mol. The standard InChI is InChI=1S/C11H25NO7P2/c1-12(2)10-6-4-3-5-9(10)7-8-11(13,20(14,15)16)21(17,18)19/h9-10,13H,3-8H2,1-2H3,(H2,14,15,16)(H2,17,18,19). The molecule has 8 nitrogen and oxygen atoms in total. The molecule has 0 aromatic carbocycles. The Bertz CT molecular complexity index is 422. The van der Waals surface area contributed by atoms with Gasteiger partial charge in [0.15, 0.2) is 0 Å². The lowest BCUT2D eigenvalue weighted by Gasteiger charge is -2.38. The highest BCUT2D eigenvalue weighted by Crippen LogP contribution is 2.69. The molecule has 5 N–H and O–H groups in total. The van der Waals surface area contributed by atoms with Gasteiger partial charge in [-0.15, -0.1) is 0 Å². The molecule has 2 atom stereocenters. The van der Waals surface area contributed by atoms with Crippen LogP contribution in [0.15, 0.2) is 0 Å². The van der Waals surface area contributed by atoms with Crippen LogP contribution in [0.25, 0.3) is 0 Å². The van der Waals surface area contributed by atoms with Gasteiger partial charge in [0, 0.05) is 12.5 Å². The van der Waals surface area contributed by atoms with Crippen molar-refractivity contribution >= 4 is 15.2 Å². The third-order valence-corrected chi connectivity index (χ3v) is 8.19. The number of hydrogen-bond donors (Lipinski definition) is 5. The number of hydrogen-bond acceptors (Lipinski definition) is 4. The van der Waals surface area contributed by atoms with E-state index in [1.165, 1.54) is 0 Å². The second-order valence-corrected chi connectivity index (χ2v) is 9.99. The topological polar surface area (TPSA) is 139 Å². The summed E-state index contributed by atoms with van der Waals surface area (Å²) in [6.07, 6.45) is 3.33. The van der Waals surface area contributed by atoms with Gasteiger partial charge < -0.3 is 29.6 Å². The highest BCUT2D eigenvalue weighted by atomic mass is 31.2. The van der Waals surface area contributed by atoms with Crippen LogP contribution in [0.2, 0.25) is 0 Å². The Balaban J connectivity index is 2.87. The highest BCUT2D eigenvalue weighted by Gasteiger charge is 2.59. The third kappa shape index (κ3) is 4.36. The highest BCUT2D eigenvalue weighted by molar-refractivity contribution is 7.72. The summed E-state index contributed by atoms with van der Waals surface area (Å²) in [6, 6.07) is 0.191. The molecule has 0 aromatic heterocycles. The summed E-state index contributed by atoms with van der Waals surface area (Å²) in [5.74, 6) is 0.0541. The van der Waals surface area contributed by atoms with Gasteiger partial charge >= 0.3 is 15.2 Å². The fourth-order valence-electron chi connectivity index (χ4n) is 3.04. The zero-order valence-corrected chi connectivity index (χ0v) is 14.1. The maximum atomic E-state index is 11.3. The molecule has 0 saturated heterocycles. The van der Waals surface area contributed by atoms with Crippen molar-refractivity contribution in [2.24, 2.45) is 5.92 Å². The fourth-order valence-corrected chi connectivity index (χ4v) is 5.24. The molecule has 0 radical (unpaired) electrons. The van der Waals surface area contributed by atoms with Crippen molar-refractivity contribution in [2.75, 3.05) is 14.1 Å². The number of aliphatic hydroxyl groups is 1. The van der Waals surface area contributed by atoms with Crippen LogP contribution in [-0.4, -0.2) is 54.8 Å². The van der Waals surface area contributed by atoms with Crippen LogP contribution in [0.4, 0.5) is 0 Å². The van der Waals surface area contributed by atoms with Crippen molar-refractivity contribution in [1.82, 2.24) is 4.90 Å². The molecule has 1 fully saturated rings. The summed E-state index contributed by atoms with van der Waals surface area (Å²) in [7, 11) is -6.88. The molecule has 1 aliphatic rings. The van der Waals surface area contributed by atoms with Gasteiger partial charge in [-0.3, -0.25) is 9.13 Å². The zero-order chi connectivity index (χ0) is 16.5. The van der Waals surface area contributed by atoms with Crippen LogP contribution in [-0.2, 0) is 9.13 Å². The van der Waals surface area contributed by atoms with Gasteiger partial charge in [-0.25, -0.2) is 0 Å². The lowest BCUT2D eigenvalue weighted by Crippen LogP contribution is -2.39. The Labute approximate surface area is 124 Å². The minimum absolute atomic E-state index is 0.0541. The maximum absolute atomic E-state index is 11.3. The summed E-state index contributed by atoms with van der Waals surface area (Å²) >= 11 is 0. The average Bonchev–Trinajstić information content (AvgIpc) is 2.33. The Morgan fingerprint density at radius 3 is 1.95 bits per heavy atom. The first-order valence-corrected chi connectivity index (χ1v) is 10.1. The second kappa shape index (κ2) is 6.77. The molecule has 126 valence electrons. The van der Waals surface area contributed by atoms with Crippen LogP contribution >= 0.6 is 15.2 Å². The number of rotatable bonds is 6. The van der Waals surface area contributed by atoms with Gasteiger partial charge in [0.1, 0.15) is 0 Å². The van der Waals surface area contributed by atoms with Crippen LogP contribution in [0.5, 0.6) is 0 Å². The Kier molecular flexibility index (Phi) is 6.21. The van der Waals surface area contributed by atoms with Crippen molar-refractivity contribution in [2.45, 2.75) is 49.6 Å². The molecule has 0 amide bonds. The molecule has 1 aliphatic carbocycles. The molecule has 0 aromatic rings. The Hall–Kier alpha value is 0.220. The summed E-state index contributed by atoms with van der Waals surface area (Å²) in [6.45, 7) is 0. The van der Waals surface area contributed by atoms with Gasteiger partial charge in [-0.2, -0.15) is 0 Å². The van der Waals surface area contributed by atoms with Gasteiger partial charge in [0.25, 0.3) is 5.08 Å². The second-order valence-electron chi connectivity index (χ2n) is 5.98. The van der Waals surface area contributed by atoms with E-state index in [4.69, 9.17) is 19.6 Å². The minimum Gasteiger partial charge on any atom is -0.368 e. The van der Waals surface area contributed by atoms with Gasteiger partial charge in [-0.05, 0) is 39.3 Å². The third-order valence-electron chi connectivity index (χ3n) is 4.32. The van der Waals surface area contributed by atoms with Crippen molar-refractivity contribution in [1.29, 1.82) is 0 Å². The molecular weight excluding hydrogens is 320 g/mol. The van der Waals surface area contributed by atoms with E-state index >= 15 is 0 Å². The summed E-state index contributed by atoms with van der Waals surface area (Å²) in [4.78, 5) is 38.6. The van der Waals surface area contributed by atoms with Gasteiger partial charge in [-0.1, -0.05) is 12.8 Å². The van der Waals surface area contributed by atoms with Crippen LogP contribution in [0, 0.1) is 5.92 Å². The molecule has 0 bridgehead atoms. The van der Waals surface area contributed by atoms with Crippen molar-refractivity contribution in [3.8, 4) is 0 Å². The summed E-state index contributed by atoms with van der Waals surface area (Å²) in [5, 5.41) is 6.62. The lowest BCUT2D eigenvalue weighted by molar-refractivity contribution is 0.0948. The summed E-state index contributed by atoms with van der Waals surface area (Å²) in [5.41, 5.74) is 0. The molecule has 0 heterocycles. The molecule has 10 heteroatoms. The largest absolute Gasteiger partial charge is 0.369 e. The van der Waals surface area contributed by atoms with Crippen molar-refractivity contribution in [3.05, 3.63) is 0 Å². The van der Waals surface area contributed by atoms with Crippen LogP contribution < -0.4 is 0 Å². The van der Waals surface area contributed by atoms with Crippen LogP contribution in [0.1, 0.15) is 38.5 Å². The van der Waals surface area contributed by atoms with E-state index in [9.17, 15) is 14.2 Å². The molecule has 0 aliphatic heterocycles. The number of nitrogens with zero attached hydrogens (tertiary/aromatic N) is 1. The van der Waals surface area contributed by atoms with E-state index in [0.717, 1.165) is 25.7 Å². The van der Waals surface area contributed by atoms with E-state index < -0.39 is 26.7 Å². The average molecular weight is 345 g/mol. The quantitative estimate of drug-likeness (QED) is 0.447. The van der Waals surface area contributed by atoms with E-state index in [-0.39, 0.29) is 18.4 Å². The molecule has 2 unspecified atom stereocenters. The first-order valence-electron chi connectivity index (χ1n) is 6.90. The molecule has 0 spiro atoms. The molecular formula is C11H25NO7P2. The zero-order valence-electron chi connectivity index (χ0n) is 12.3. The predicted molar refractivity (Wildman–Crippen MR) is 77.7 cm³/mol. The maximum Gasteiger partial charge on any atom is 0.369 e. The Morgan fingerprint density at radius 2 is 1.52 bits per heavy atom. The molecule has 1 saturated carbocycles. The van der Waals surface area contributed by atoms with Crippen molar-refractivity contribution in [3.63, 3.8) is 0 Å². The van der Waals surface area contributed by atoms with E-state index in [2.05, 4.69) is 0 Å². The Morgan fingerprint density at radius 1 is 1.05 bits per heavy atom. The van der Waals surface area contributed by atoms with E-state index in [1.807, 2.05) is 19.0 Å². The molecule has 21 heavy (non-hydrogen) atoms. The predicted octanol–water partition coefficient (Wildman–Crippen LogP) is 0.889. The molecule has 1 rings (SSSR count). The summed E-state index contributed by atoms with van der Waals surface area (Å²) < 4.78 is 22.7. The van der Waals surface area contributed by atoms with Gasteiger partial charge in [0.2, 0.25) is 0 Å². The SMILES string of the molecule is CN(C)C1CCCCC1CCC(O)(P(=O)(O)O)P(=O)(O)O. The lowest BCUT2D eigenvalue weighted by atomic mass is 9.81. The van der Waals surface area contributed by atoms with E-state index in [1.54, 1.807) is 0 Å². The normalized spacial score (nSPS) is 25.3. The fraction of sp³-hybridized carbons (Fsp3) is 1.00. The van der Waals surface area contributed by atoms with E-state index in [0.29, 0.717) is 0 Å². The first kappa shape index (κ1) is 19.3. The van der Waals surface area contributed by atoms with Crippen molar-refractivity contribution < 1.29 is 33.8 Å². The van der Waals surface area contributed by atoms with Crippen LogP contribution in [0.3, 0.4) is 0 Å². The van der Waals surface area contributed by atoms with Gasteiger partial charge in [0.05, 0.1) is 0 Å². The smallest absolute Gasteiger partial charge is 0.368 e. The minimum atomic E-state index is -5.34. The first-order chi connectivity index (χ1) is 9.40.